The van der Waals surface area contributed by atoms with E-state index in [-0.39, 0.29) is 34.3 Å². The molecule has 0 aromatic heterocycles. The van der Waals surface area contributed by atoms with Gasteiger partial charge in [0.25, 0.3) is 0 Å². The zero-order chi connectivity index (χ0) is 17.0. The molecular formula is C16H20F12. The van der Waals surface area contributed by atoms with Gasteiger partial charge >= 0.3 is 12.4 Å². The monoisotopic (exact) mass is 440 g/mol. The third-order valence-corrected chi connectivity index (χ3v) is 2.94. The first-order valence-electron chi connectivity index (χ1n) is 6.28. The summed E-state index contributed by atoms with van der Waals surface area (Å²) in [6.07, 6.45) is -9.50. The van der Waals surface area contributed by atoms with Crippen molar-refractivity contribution in [3.8, 4) is 0 Å². The fraction of sp³-hybridized carbons (Fsp3) is 0.250. The second-order valence-electron chi connectivity index (χ2n) is 4.66. The molecule has 0 fully saturated rings. The molecule has 0 saturated heterocycles. The van der Waals surface area contributed by atoms with Crippen LogP contribution in [0.25, 0.3) is 0 Å². The summed E-state index contributed by atoms with van der Waals surface area (Å²) in [5.41, 5.74) is 0.139. The molecule has 0 atom stereocenters. The van der Waals surface area contributed by atoms with Crippen molar-refractivity contribution in [3.63, 3.8) is 0 Å². The van der Waals surface area contributed by atoms with Crippen molar-refractivity contribution in [1.82, 2.24) is 0 Å². The van der Waals surface area contributed by atoms with Gasteiger partial charge in [-0.05, 0) is 43.2 Å². The summed E-state index contributed by atoms with van der Waals surface area (Å²) in [5.74, 6) is 0. The number of halogens is 12. The van der Waals surface area contributed by atoms with Crippen LogP contribution in [0.4, 0.5) is 54.6 Å². The Morgan fingerprint density at radius 1 is 0.500 bits per heavy atom. The van der Waals surface area contributed by atoms with E-state index in [1.807, 2.05) is 0 Å². The molecule has 0 amide bonds. The van der Waals surface area contributed by atoms with Crippen LogP contribution in [0.1, 0.15) is 22.3 Å². The number of alkyl halides is 6. The normalized spacial score (nSPS) is 9.14. The number of hydrogen-bond donors (Lipinski definition) is 0. The molecule has 0 saturated carbocycles. The lowest BCUT2D eigenvalue weighted by molar-refractivity contribution is -0.143. The van der Waals surface area contributed by atoms with Crippen LogP contribution in [0.3, 0.4) is 0 Å². The lowest BCUT2D eigenvalue weighted by Gasteiger charge is -2.10. The highest BCUT2D eigenvalue weighted by molar-refractivity contribution is 5.27. The van der Waals surface area contributed by atoms with Crippen LogP contribution in [0.5, 0.6) is 0 Å². The van der Waals surface area contributed by atoms with Gasteiger partial charge in [0.2, 0.25) is 0 Å². The van der Waals surface area contributed by atoms with Crippen molar-refractivity contribution in [1.29, 1.82) is 0 Å². The molecule has 0 bridgehead atoms. The first-order valence-corrected chi connectivity index (χ1v) is 6.28. The van der Waals surface area contributed by atoms with Crippen molar-refractivity contribution < 1.29 is 54.6 Å². The van der Waals surface area contributed by atoms with Crippen molar-refractivity contribution >= 4 is 0 Å². The maximum atomic E-state index is 12.0. The Balaban J connectivity index is -0.0000000770. The van der Waals surface area contributed by atoms with E-state index >= 15 is 0 Å². The summed E-state index contributed by atoms with van der Waals surface area (Å²) in [7, 11) is 0. The number of benzene rings is 2. The maximum Gasteiger partial charge on any atom is 0.416 e. The topological polar surface area (TPSA) is 0 Å². The van der Waals surface area contributed by atoms with Gasteiger partial charge in [0.05, 0.1) is 11.1 Å². The van der Waals surface area contributed by atoms with E-state index < -0.39 is 23.5 Å². The Morgan fingerprint density at radius 3 is 1.00 bits per heavy atom. The highest BCUT2D eigenvalue weighted by atomic mass is 19.4. The molecule has 0 heterocycles. The first-order chi connectivity index (χ1) is 10.0. The van der Waals surface area contributed by atoms with Gasteiger partial charge in [-0.15, -0.1) is 0 Å². The Morgan fingerprint density at radius 2 is 0.786 bits per heavy atom. The van der Waals surface area contributed by atoms with Crippen LogP contribution in [0, 0.1) is 13.8 Å². The van der Waals surface area contributed by atoms with Gasteiger partial charge in [0, 0.05) is 0 Å². The molecule has 0 unspecified atom stereocenters. The summed E-state index contributed by atoms with van der Waals surface area (Å²) in [6.45, 7) is 4.24. The summed E-state index contributed by atoms with van der Waals surface area (Å²) >= 11 is 0. The minimum atomic E-state index is -4.75. The minimum absolute atomic E-state index is 0. The Hall–Kier alpha value is -2.40. The molecule has 2 rings (SSSR count). The van der Waals surface area contributed by atoms with E-state index in [4.69, 9.17) is 0 Å². The molecule has 12 heteroatoms. The van der Waals surface area contributed by atoms with E-state index in [0.29, 0.717) is 12.1 Å². The van der Waals surface area contributed by atoms with Crippen LogP contribution in [0.15, 0.2) is 48.5 Å². The van der Waals surface area contributed by atoms with Crippen LogP contribution < -0.4 is 0 Å². The zero-order valence-corrected chi connectivity index (χ0v) is 14.3. The van der Waals surface area contributed by atoms with E-state index in [9.17, 15) is 26.3 Å². The van der Waals surface area contributed by atoms with Crippen molar-refractivity contribution in [2.45, 2.75) is 26.2 Å². The SMILES string of the molecule is Cc1ccccc1C.F.F.F.F.F.F.FC(F)(F)c1cccc(C(F)(F)F)c1. The number of hydrogen-bond acceptors (Lipinski definition) is 0. The van der Waals surface area contributed by atoms with Crippen molar-refractivity contribution in [2.75, 3.05) is 0 Å². The maximum absolute atomic E-state index is 12.0. The third kappa shape index (κ3) is 12.9. The van der Waals surface area contributed by atoms with Crippen molar-refractivity contribution in [2.24, 2.45) is 0 Å². The van der Waals surface area contributed by atoms with Gasteiger partial charge in [-0.1, -0.05) is 30.3 Å². The molecule has 28 heavy (non-hydrogen) atoms. The van der Waals surface area contributed by atoms with E-state index in [0.717, 1.165) is 6.07 Å². The molecule has 2 aromatic carbocycles. The van der Waals surface area contributed by atoms with Crippen LogP contribution >= 0.6 is 0 Å². The zero-order valence-electron chi connectivity index (χ0n) is 14.3. The predicted octanol–water partition coefficient (Wildman–Crippen LogP) is 6.94. The van der Waals surface area contributed by atoms with Gasteiger partial charge in [-0.2, -0.15) is 26.3 Å². The Bertz CT molecular complexity index is 569. The van der Waals surface area contributed by atoms with Crippen LogP contribution in [-0.2, 0) is 12.4 Å². The standard InChI is InChI=1S/C8H4F6.C8H10.6FH/c9-7(10,11)5-2-1-3-6(4-5)8(12,13)14;1-7-5-3-4-6-8(7)2;;;;;;/h1-4H;3-6H,1-2H3;6*1H. The fourth-order valence-electron chi connectivity index (χ4n) is 1.53. The summed E-state index contributed by atoms with van der Waals surface area (Å²) in [4.78, 5) is 0. The average Bonchev–Trinajstić information content (AvgIpc) is 2.41. The highest BCUT2D eigenvalue weighted by Gasteiger charge is 2.35. The second-order valence-corrected chi connectivity index (χ2v) is 4.66. The molecule has 0 N–H and O–H groups in total. The van der Waals surface area contributed by atoms with Gasteiger partial charge in [-0.25, -0.2) is 0 Å². The smallest absolute Gasteiger partial charge is 0.269 e. The third-order valence-electron chi connectivity index (χ3n) is 2.94. The van der Waals surface area contributed by atoms with Gasteiger partial charge < -0.3 is 0 Å². The molecular weight excluding hydrogens is 420 g/mol. The minimum Gasteiger partial charge on any atom is -0.269 e. The number of rotatable bonds is 0. The molecule has 2 aromatic rings. The summed E-state index contributed by atoms with van der Waals surface area (Å²) in [6, 6.07) is 10.4. The highest BCUT2D eigenvalue weighted by Crippen LogP contribution is 2.34. The molecule has 0 spiro atoms. The van der Waals surface area contributed by atoms with E-state index in [2.05, 4.69) is 38.1 Å². The molecule has 0 aliphatic rings. The molecule has 0 radical (unpaired) electrons. The Kier molecular flexibility index (Phi) is 22.5. The molecule has 0 aliphatic carbocycles. The first kappa shape index (κ1) is 40.3. The average molecular weight is 440 g/mol. The molecule has 0 aliphatic heterocycles. The van der Waals surface area contributed by atoms with E-state index in [1.165, 1.54) is 11.1 Å². The fourth-order valence-corrected chi connectivity index (χ4v) is 1.53. The number of aryl methyl sites for hydroxylation is 2. The lowest BCUT2D eigenvalue weighted by atomic mass is 10.1. The van der Waals surface area contributed by atoms with Crippen LogP contribution in [0.2, 0.25) is 0 Å². The van der Waals surface area contributed by atoms with Gasteiger partial charge in [0.1, 0.15) is 0 Å². The van der Waals surface area contributed by atoms with Crippen molar-refractivity contribution in [3.05, 3.63) is 70.8 Å². The second kappa shape index (κ2) is 15.6. The quantitative estimate of drug-likeness (QED) is 0.389. The molecule has 168 valence electrons. The van der Waals surface area contributed by atoms with Gasteiger partial charge in [0.15, 0.2) is 0 Å². The Labute approximate surface area is 152 Å². The summed E-state index contributed by atoms with van der Waals surface area (Å²) < 4.78 is 71.9. The molecule has 0 nitrogen and oxygen atoms in total. The summed E-state index contributed by atoms with van der Waals surface area (Å²) in [5, 5.41) is 0. The van der Waals surface area contributed by atoms with E-state index in [1.54, 1.807) is 0 Å². The van der Waals surface area contributed by atoms with Crippen LogP contribution in [-0.4, -0.2) is 0 Å². The largest absolute Gasteiger partial charge is 0.416 e. The van der Waals surface area contributed by atoms with Gasteiger partial charge in [-0.3, -0.25) is 28.2 Å². The predicted molar refractivity (Wildman–Crippen MR) is 87.4 cm³/mol. The lowest BCUT2D eigenvalue weighted by Crippen LogP contribution is -2.09.